The van der Waals surface area contributed by atoms with Crippen molar-refractivity contribution in [1.82, 2.24) is 0 Å². The van der Waals surface area contributed by atoms with E-state index in [1.165, 1.54) is 0 Å². The Hall–Kier alpha value is -0.300. The molecular weight excluding hydrogens is 124 g/mol. The molecule has 0 atom stereocenters. The van der Waals surface area contributed by atoms with Crippen LogP contribution in [0.2, 0.25) is 0 Å². The van der Waals surface area contributed by atoms with E-state index in [9.17, 15) is 5.11 Å². The van der Waals surface area contributed by atoms with Crippen molar-refractivity contribution < 1.29 is 5.11 Å². The van der Waals surface area contributed by atoms with Crippen molar-refractivity contribution in [3.05, 3.63) is 12.2 Å². The van der Waals surface area contributed by atoms with Gasteiger partial charge in [0.05, 0.1) is 5.60 Å². The zero-order valence-electron chi connectivity index (χ0n) is 6.85. The first-order valence-corrected chi connectivity index (χ1v) is 3.98. The van der Waals surface area contributed by atoms with Crippen molar-refractivity contribution >= 4 is 0 Å². The molecule has 0 spiro atoms. The highest BCUT2D eigenvalue weighted by Gasteiger charge is 2.37. The normalized spacial score (nSPS) is 22.4. The van der Waals surface area contributed by atoms with Crippen LogP contribution >= 0.6 is 0 Å². The maximum Gasteiger partial charge on any atom is 0.0856 e. The second-order valence-corrected chi connectivity index (χ2v) is 3.57. The average Bonchev–Trinajstić information content (AvgIpc) is 1.81. The molecule has 1 aliphatic rings. The van der Waals surface area contributed by atoms with Crippen molar-refractivity contribution in [3.8, 4) is 0 Å². The van der Waals surface area contributed by atoms with Crippen molar-refractivity contribution in [3.63, 3.8) is 0 Å². The van der Waals surface area contributed by atoms with Crippen LogP contribution in [0.3, 0.4) is 0 Å². The van der Waals surface area contributed by atoms with Crippen molar-refractivity contribution in [2.75, 3.05) is 0 Å². The molecule has 1 N–H and O–H groups in total. The minimum atomic E-state index is -0.492. The third kappa shape index (κ3) is 1.10. The van der Waals surface area contributed by atoms with Gasteiger partial charge in [0.1, 0.15) is 0 Å². The van der Waals surface area contributed by atoms with Gasteiger partial charge in [0.15, 0.2) is 0 Å². The van der Waals surface area contributed by atoms with Gasteiger partial charge in [-0.2, -0.15) is 0 Å². The second kappa shape index (κ2) is 2.39. The maximum absolute atomic E-state index is 9.75. The Morgan fingerprint density at radius 1 is 1.50 bits per heavy atom. The lowest BCUT2D eigenvalue weighted by Crippen LogP contribution is -2.40. The lowest BCUT2D eigenvalue weighted by molar-refractivity contribution is -0.00406. The summed E-state index contributed by atoms with van der Waals surface area (Å²) in [5.41, 5.74) is 0.521. The van der Waals surface area contributed by atoms with E-state index in [1.807, 2.05) is 0 Å². The highest BCUT2D eigenvalue weighted by Crippen LogP contribution is 2.39. The van der Waals surface area contributed by atoms with Crippen LogP contribution in [-0.4, -0.2) is 10.7 Å². The fraction of sp³-hybridized carbons (Fsp3) is 0.778. The van der Waals surface area contributed by atoms with E-state index in [1.54, 1.807) is 0 Å². The Morgan fingerprint density at radius 2 is 2.00 bits per heavy atom. The molecule has 0 aromatic carbocycles. The highest BCUT2D eigenvalue weighted by molar-refractivity contribution is 5.18. The molecule has 1 aliphatic carbocycles. The van der Waals surface area contributed by atoms with Gasteiger partial charge < -0.3 is 5.11 Å². The minimum Gasteiger partial charge on any atom is -0.386 e. The van der Waals surface area contributed by atoms with Gasteiger partial charge in [-0.1, -0.05) is 20.4 Å². The standard InChI is InChI=1S/C9H16O/c1-7(2)8(3)9(10)5-4-6-9/h7,10H,3-6H2,1-2H3. The Balaban J connectivity index is 2.55. The predicted molar refractivity (Wildman–Crippen MR) is 42.8 cm³/mol. The smallest absolute Gasteiger partial charge is 0.0856 e. The number of hydrogen-bond donors (Lipinski definition) is 1. The van der Waals surface area contributed by atoms with Crippen molar-refractivity contribution in [2.45, 2.75) is 38.7 Å². The summed E-state index contributed by atoms with van der Waals surface area (Å²) in [6.45, 7) is 8.06. The molecule has 0 aromatic rings. The van der Waals surface area contributed by atoms with Crippen molar-refractivity contribution in [1.29, 1.82) is 0 Å². The lowest BCUT2D eigenvalue weighted by atomic mass is 9.72. The summed E-state index contributed by atoms with van der Waals surface area (Å²) in [7, 11) is 0. The molecule has 0 amide bonds. The van der Waals surface area contributed by atoms with E-state index >= 15 is 0 Å². The number of aliphatic hydroxyl groups is 1. The van der Waals surface area contributed by atoms with Crippen LogP contribution in [-0.2, 0) is 0 Å². The summed E-state index contributed by atoms with van der Waals surface area (Å²) in [6, 6.07) is 0. The zero-order chi connectivity index (χ0) is 7.78. The summed E-state index contributed by atoms with van der Waals surface area (Å²) in [5, 5.41) is 9.75. The summed E-state index contributed by atoms with van der Waals surface area (Å²) in [5.74, 6) is 0.422. The third-order valence-electron chi connectivity index (χ3n) is 2.48. The van der Waals surface area contributed by atoms with E-state index < -0.39 is 5.60 Å². The lowest BCUT2D eigenvalue weighted by Gasteiger charge is -2.40. The molecule has 1 nitrogen and oxygen atoms in total. The first kappa shape index (κ1) is 7.80. The molecule has 1 saturated carbocycles. The molecule has 0 bridgehead atoms. The molecule has 1 heteroatoms. The SMILES string of the molecule is C=C(C(C)C)C1(O)CCC1. The summed E-state index contributed by atoms with van der Waals surface area (Å²) in [6.07, 6.45) is 3.00. The molecule has 0 aliphatic heterocycles. The fourth-order valence-electron chi connectivity index (χ4n) is 1.37. The first-order valence-electron chi connectivity index (χ1n) is 3.98. The van der Waals surface area contributed by atoms with Crippen LogP contribution < -0.4 is 0 Å². The van der Waals surface area contributed by atoms with Crippen LogP contribution in [0.1, 0.15) is 33.1 Å². The largest absolute Gasteiger partial charge is 0.386 e. The van der Waals surface area contributed by atoms with E-state index in [4.69, 9.17) is 0 Å². The van der Waals surface area contributed by atoms with Gasteiger partial charge in [-0.15, -0.1) is 0 Å². The molecule has 0 aromatic heterocycles. The van der Waals surface area contributed by atoms with Crippen LogP contribution in [0.5, 0.6) is 0 Å². The molecule has 0 heterocycles. The molecule has 58 valence electrons. The predicted octanol–water partition coefficient (Wildman–Crippen LogP) is 2.11. The minimum absolute atomic E-state index is 0.422. The van der Waals surface area contributed by atoms with Crippen LogP contribution in [0.4, 0.5) is 0 Å². The van der Waals surface area contributed by atoms with Gasteiger partial charge in [-0.05, 0) is 30.8 Å². The fourth-order valence-corrected chi connectivity index (χ4v) is 1.37. The molecular formula is C9H16O. The van der Waals surface area contributed by atoms with Crippen molar-refractivity contribution in [2.24, 2.45) is 5.92 Å². The second-order valence-electron chi connectivity index (χ2n) is 3.57. The Bertz CT molecular complexity index is 143. The van der Waals surface area contributed by atoms with Gasteiger partial charge in [0, 0.05) is 0 Å². The number of hydrogen-bond acceptors (Lipinski definition) is 1. The first-order chi connectivity index (χ1) is 4.56. The Labute approximate surface area is 62.8 Å². The van der Waals surface area contributed by atoms with Crippen LogP contribution in [0, 0.1) is 5.92 Å². The maximum atomic E-state index is 9.75. The van der Waals surface area contributed by atoms with Crippen LogP contribution in [0.25, 0.3) is 0 Å². The van der Waals surface area contributed by atoms with E-state index in [0.29, 0.717) is 5.92 Å². The topological polar surface area (TPSA) is 20.2 Å². The Kier molecular flexibility index (Phi) is 1.86. The van der Waals surface area contributed by atoms with Gasteiger partial charge >= 0.3 is 0 Å². The number of rotatable bonds is 2. The summed E-state index contributed by atoms with van der Waals surface area (Å²) < 4.78 is 0. The highest BCUT2D eigenvalue weighted by atomic mass is 16.3. The van der Waals surface area contributed by atoms with Gasteiger partial charge in [-0.3, -0.25) is 0 Å². The van der Waals surface area contributed by atoms with Crippen LogP contribution in [0.15, 0.2) is 12.2 Å². The molecule has 0 saturated heterocycles. The Morgan fingerprint density at radius 3 is 2.10 bits per heavy atom. The molecule has 1 fully saturated rings. The molecule has 0 unspecified atom stereocenters. The monoisotopic (exact) mass is 140 g/mol. The van der Waals surface area contributed by atoms with Gasteiger partial charge in [0.25, 0.3) is 0 Å². The van der Waals surface area contributed by atoms with E-state index in [2.05, 4.69) is 20.4 Å². The van der Waals surface area contributed by atoms with E-state index in [0.717, 1.165) is 24.8 Å². The molecule has 10 heavy (non-hydrogen) atoms. The summed E-state index contributed by atoms with van der Waals surface area (Å²) >= 11 is 0. The summed E-state index contributed by atoms with van der Waals surface area (Å²) in [4.78, 5) is 0. The molecule has 0 radical (unpaired) electrons. The average molecular weight is 140 g/mol. The van der Waals surface area contributed by atoms with E-state index in [-0.39, 0.29) is 0 Å². The zero-order valence-corrected chi connectivity index (χ0v) is 6.85. The van der Waals surface area contributed by atoms with Gasteiger partial charge in [0.2, 0.25) is 0 Å². The quantitative estimate of drug-likeness (QED) is 0.582. The third-order valence-corrected chi connectivity index (χ3v) is 2.48. The van der Waals surface area contributed by atoms with Gasteiger partial charge in [-0.25, -0.2) is 0 Å². The molecule has 1 rings (SSSR count).